The molecule has 1 aliphatic heterocycles. The van der Waals surface area contributed by atoms with Crippen molar-refractivity contribution in [1.29, 1.82) is 0 Å². The van der Waals surface area contributed by atoms with Gasteiger partial charge in [0.1, 0.15) is 6.04 Å². The van der Waals surface area contributed by atoms with Crippen LogP contribution in [0.2, 0.25) is 0 Å². The van der Waals surface area contributed by atoms with Crippen LogP contribution < -0.4 is 10.2 Å². The van der Waals surface area contributed by atoms with Gasteiger partial charge in [-0.05, 0) is 31.5 Å². The predicted molar refractivity (Wildman–Crippen MR) is 92.0 cm³/mol. The summed E-state index contributed by atoms with van der Waals surface area (Å²) in [5, 5.41) is 7.33. The van der Waals surface area contributed by atoms with E-state index in [0.717, 1.165) is 17.8 Å². The monoisotopic (exact) mass is 332 g/mol. The van der Waals surface area contributed by atoms with Crippen LogP contribution in [-0.4, -0.2) is 29.3 Å². The van der Waals surface area contributed by atoms with Gasteiger partial charge in [-0.15, -0.1) is 12.4 Å². The quantitative estimate of drug-likeness (QED) is 0.937. The average molecular weight is 333 g/mol. The topological polar surface area (TPSA) is 50.2 Å². The number of hydrogen-bond acceptors (Lipinski definition) is 3. The number of fused-ring (bicyclic) bond motifs is 2. The number of likely N-dealkylation sites (N-methyl/N-ethyl adjacent to an activating group) is 1. The average Bonchev–Trinajstić information content (AvgIpc) is 3.07. The Morgan fingerprint density at radius 2 is 2.09 bits per heavy atom. The van der Waals surface area contributed by atoms with Gasteiger partial charge in [0.15, 0.2) is 0 Å². The van der Waals surface area contributed by atoms with Crippen LogP contribution >= 0.6 is 12.4 Å². The molecule has 2 heterocycles. The lowest BCUT2D eigenvalue weighted by Gasteiger charge is -2.23. The Kier molecular flexibility index (Phi) is 3.94. The van der Waals surface area contributed by atoms with Gasteiger partial charge in [-0.2, -0.15) is 5.10 Å². The van der Waals surface area contributed by atoms with E-state index in [1.54, 1.807) is 10.9 Å². The molecule has 1 amide bonds. The SMILES string of the molecule is CNC(C(=O)N1CC2(CC2)c2ccccc21)c1cnn(C)c1.Cl. The van der Waals surface area contributed by atoms with Gasteiger partial charge >= 0.3 is 0 Å². The molecular weight excluding hydrogens is 312 g/mol. The van der Waals surface area contributed by atoms with E-state index in [9.17, 15) is 4.79 Å². The van der Waals surface area contributed by atoms with Crippen LogP contribution in [0.25, 0.3) is 0 Å². The lowest BCUT2D eigenvalue weighted by atomic mass is 9.99. The number of halogens is 1. The van der Waals surface area contributed by atoms with Crippen molar-refractivity contribution in [2.75, 3.05) is 18.5 Å². The maximum atomic E-state index is 13.1. The van der Waals surface area contributed by atoms with Crippen molar-refractivity contribution < 1.29 is 4.79 Å². The third-order valence-corrected chi connectivity index (χ3v) is 4.94. The number of aryl methyl sites for hydroxylation is 1. The second kappa shape index (κ2) is 5.65. The van der Waals surface area contributed by atoms with E-state index in [1.165, 1.54) is 18.4 Å². The fraction of sp³-hybridized carbons (Fsp3) is 0.412. The molecule has 1 unspecified atom stereocenters. The highest BCUT2D eigenvalue weighted by Gasteiger charge is 2.53. The van der Waals surface area contributed by atoms with Crippen LogP contribution in [-0.2, 0) is 17.3 Å². The highest BCUT2D eigenvalue weighted by atomic mass is 35.5. The van der Waals surface area contributed by atoms with Gasteiger partial charge in [0, 0.05) is 36.5 Å². The fourth-order valence-electron chi connectivity index (χ4n) is 3.58. The van der Waals surface area contributed by atoms with Gasteiger partial charge in [0.05, 0.1) is 6.20 Å². The number of para-hydroxylation sites is 1. The summed E-state index contributed by atoms with van der Waals surface area (Å²) in [4.78, 5) is 15.0. The minimum atomic E-state index is -0.351. The van der Waals surface area contributed by atoms with E-state index in [4.69, 9.17) is 0 Å². The molecule has 2 aliphatic rings. The second-order valence-corrected chi connectivity index (χ2v) is 6.39. The normalized spacial score (nSPS) is 18.4. The van der Waals surface area contributed by atoms with Crippen LogP contribution in [0.15, 0.2) is 36.7 Å². The van der Waals surface area contributed by atoms with Crippen molar-refractivity contribution in [1.82, 2.24) is 15.1 Å². The lowest BCUT2D eigenvalue weighted by molar-refractivity contribution is -0.120. The molecule has 4 rings (SSSR count). The van der Waals surface area contributed by atoms with E-state index in [1.807, 2.05) is 31.3 Å². The van der Waals surface area contributed by atoms with Gasteiger partial charge in [-0.25, -0.2) is 0 Å². The summed E-state index contributed by atoms with van der Waals surface area (Å²) >= 11 is 0. The molecule has 0 bridgehead atoms. The number of rotatable bonds is 3. The number of nitrogens with zero attached hydrogens (tertiary/aromatic N) is 3. The van der Waals surface area contributed by atoms with E-state index in [2.05, 4.69) is 28.6 Å². The van der Waals surface area contributed by atoms with Crippen molar-refractivity contribution in [3.8, 4) is 0 Å². The molecule has 1 fully saturated rings. The summed E-state index contributed by atoms with van der Waals surface area (Å²) in [6.07, 6.45) is 6.03. The van der Waals surface area contributed by atoms with Crippen LogP contribution in [0.5, 0.6) is 0 Å². The number of benzene rings is 1. The van der Waals surface area contributed by atoms with Crippen LogP contribution in [0.1, 0.15) is 30.0 Å². The summed E-state index contributed by atoms with van der Waals surface area (Å²) in [7, 11) is 3.69. The molecule has 1 spiro atoms. The fourth-order valence-corrected chi connectivity index (χ4v) is 3.58. The standard InChI is InChI=1S/C17H20N4O.ClH/c1-18-15(12-9-19-20(2)10-12)16(22)21-11-17(7-8-17)13-5-3-4-6-14(13)21;/h3-6,9-10,15,18H,7-8,11H2,1-2H3;1H. The van der Waals surface area contributed by atoms with E-state index in [0.29, 0.717) is 0 Å². The third-order valence-electron chi connectivity index (χ3n) is 4.94. The van der Waals surface area contributed by atoms with Gasteiger partial charge in [0.25, 0.3) is 0 Å². The molecule has 1 N–H and O–H groups in total. The zero-order valence-corrected chi connectivity index (χ0v) is 14.1. The van der Waals surface area contributed by atoms with E-state index >= 15 is 0 Å². The second-order valence-electron chi connectivity index (χ2n) is 6.39. The number of carbonyl (C=O) groups excluding carboxylic acids is 1. The first-order chi connectivity index (χ1) is 10.6. The number of amides is 1. The minimum absolute atomic E-state index is 0. The summed E-state index contributed by atoms with van der Waals surface area (Å²) in [5.74, 6) is 0.103. The molecule has 0 saturated heterocycles. The van der Waals surface area contributed by atoms with E-state index in [-0.39, 0.29) is 29.8 Å². The smallest absolute Gasteiger partial charge is 0.248 e. The highest BCUT2D eigenvalue weighted by molar-refractivity contribution is 6.00. The number of aromatic nitrogens is 2. The maximum absolute atomic E-state index is 13.1. The maximum Gasteiger partial charge on any atom is 0.248 e. The first-order valence-corrected chi connectivity index (χ1v) is 7.71. The van der Waals surface area contributed by atoms with Crippen molar-refractivity contribution in [2.24, 2.45) is 7.05 Å². The number of carbonyl (C=O) groups is 1. The Bertz CT molecular complexity index is 738. The lowest BCUT2D eigenvalue weighted by Crippen LogP contribution is -2.40. The Morgan fingerprint density at radius 3 is 2.70 bits per heavy atom. The first kappa shape index (κ1) is 16.0. The molecule has 5 nitrogen and oxygen atoms in total. The molecule has 1 aromatic heterocycles. The third kappa shape index (κ3) is 2.44. The molecule has 6 heteroatoms. The molecule has 23 heavy (non-hydrogen) atoms. The Hall–Kier alpha value is -1.85. The van der Waals surface area contributed by atoms with Gasteiger partial charge < -0.3 is 10.2 Å². The van der Waals surface area contributed by atoms with Crippen molar-refractivity contribution in [3.63, 3.8) is 0 Å². The van der Waals surface area contributed by atoms with Gasteiger partial charge in [-0.1, -0.05) is 18.2 Å². The largest absolute Gasteiger partial charge is 0.310 e. The molecule has 1 aliphatic carbocycles. The zero-order valence-electron chi connectivity index (χ0n) is 13.3. The van der Waals surface area contributed by atoms with Crippen molar-refractivity contribution in [3.05, 3.63) is 47.8 Å². The summed E-state index contributed by atoms with van der Waals surface area (Å²) < 4.78 is 1.73. The molecule has 1 saturated carbocycles. The molecular formula is C17H21ClN4O. The zero-order chi connectivity index (χ0) is 15.3. The molecule has 1 atom stereocenters. The Balaban J connectivity index is 0.00000156. The Labute approximate surface area is 142 Å². The molecule has 2 aromatic rings. The van der Waals surface area contributed by atoms with Crippen LogP contribution in [0.3, 0.4) is 0 Å². The summed E-state index contributed by atoms with van der Waals surface area (Å²) in [5.41, 5.74) is 3.54. The van der Waals surface area contributed by atoms with Gasteiger partial charge in [0.2, 0.25) is 5.91 Å². The van der Waals surface area contributed by atoms with Crippen LogP contribution in [0.4, 0.5) is 5.69 Å². The van der Waals surface area contributed by atoms with Crippen LogP contribution in [0, 0.1) is 0 Å². The van der Waals surface area contributed by atoms with Crippen molar-refractivity contribution in [2.45, 2.75) is 24.3 Å². The highest BCUT2D eigenvalue weighted by Crippen LogP contribution is 2.56. The summed E-state index contributed by atoms with van der Waals surface area (Å²) in [6.45, 7) is 0.809. The number of anilines is 1. The first-order valence-electron chi connectivity index (χ1n) is 7.71. The number of hydrogen-bond donors (Lipinski definition) is 1. The van der Waals surface area contributed by atoms with Crippen molar-refractivity contribution >= 4 is 24.0 Å². The Morgan fingerprint density at radius 1 is 1.35 bits per heavy atom. The molecule has 122 valence electrons. The minimum Gasteiger partial charge on any atom is -0.310 e. The molecule has 1 aromatic carbocycles. The molecule has 0 radical (unpaired) electrons. The number of nitrogens with one attached hydrogen (secondary N) is 1. The van der Waals surface area contributed by atoms with E-state index < -0.39 is 0 Å². The summed E-state index contributed by atoms with van der Waals surface area (Å²) in [6, 6.07) is 7.97. The predicted octanol–water partition coefficient (Wildman–Crippen LogP) is 2.18. The van der Waals surface area contributed by atoms with Gasteiger partial charge in [-0.3, -0.25) is 9.48 Å².